The zero-order valence-corrected chi connectivity index (χ0v) is 11.8. The van der Waals surface area contributed by atoms with Gasteiger partial charge >= 0.3 is 0 Å². The van der Waals surface area contributed by atoms with E-state index >= 15 is 0 Å². The van der Waals surface area contributed by atoms with E-state index < -0.39 is 8.32 Å². The highest BCUT2D eigenvalue weighted by atomic mass is 28.4. The van der Waals surface area contributed by atoms with E-state index in [9.17, 15) is 0 Å². The van der Waals surface area contributed by atoms with Crippen LogP contribution in [0, 0.1) is 0 Å². The largest absolute Gasteiger partial charge is 0.532 e. The Labute approximate surface area is 99.7 Å². The van der Waals surface area contributed by atoms with Crippen LogP contribution in [-0.4, -0.2) is 27.3 Å². The van der Waals surface area contributed by atoms with Crippen molar-refractivity contribution in [1.82, 2.24) is 4.90 Å². The molecule has 0 saturated carbocycles. The van der Waals surface area contributed by atoms with Crippen LogP contribution in [0.3, 0.4) is 0 Å². The summed E-state index contributed by atoms with van der Waals surface area (Å²) in [5, 5.41) is 0. The topological polar surface area (TPSA) is 12.5 Å². The van der Waals surface area contributed by atoms with Gasteiger partial charge in [0.05, 0.1) is 0 Å². The van der Waals surface area contributed by atoms with Gasteiger partial charge in [0.25, 0.3) is 0 Å². The van der Waals surface area contributed by atoms with Crippen molar-refractivity contribution >= 4 is 8.32 Å². The molecule has 0 saturated heterocycles. The highest BCUT2D eigenvalue weighted by Gasteiger charge is 2.20. The Morgan fingerprint density at radius 2 is 1.50 bits per heavy atom. The molecule has 0 unspecified atom stereocenters. The van der Waals surface area contributed by atoms with Crippen molar-refractivity contribution in [3.63, 3.8) is 0 Å². The van der Waals surface area contributed by atoms with E-state index in [1.165, 1.54) is 0 Å². The lowest BCUT2D eigenvalue weighted by atomic mass is 10.2. The lowest BCUT2D eigenvalue weighted by Crippen LogP contribution is -2.30. The third-order valence-electron chi connectivity index (χ3n) is 1.94. The summed E-state index contributed by atoms with van der Waals surface area (Å²) in [7, 11) is 2.46. The minimum atomic E-state index is -1.57. The fourth-order valence-corrected chi connectivity index (χ4v) is 2.22. The lowest BCUT2D eigenvalue weighted by Gasteiger charge is -2.27. The maximum absolute atomic E-state index is 6.11. The molecule has 88 valence electrons. The Bertz CT molecular complexity index is 339. The molecule has 0 bridgehead atoms. The van der Waals surface area contributed by atoms with Crippen LogP contribution in [0.5, 0.6) is 0 Å². The molecular weight excluding hydrogens is 214 g/mol. The molecule has 1 aliphatic rings. The maximum Gasteiger partial charge on any atom is 0.244 e. The molecule has 0 N–H and O–H groups in total. The molecule has 0 aromatic heterocycles. The van der Waals surface area contributed by atoms with Crippen molar-refractivity contribution < 1.29 is 4.43 Å². The SMILES string of the molecule is CN(C)C(O[Si](C)(C)C)=C1C=CC=CC=C1. The summed E-state index contributed by atoms with van der Waals surface area (Å²) in [6, 6.07) is 0. The summed E-state index contributed by atoms with van der Waals surface area (Å²) in [6.07, 6.45) is 12.3. The predicted octanol–water partition coefficient (Wildman–Crippen LogP) is 3.29. The van der Waals surface area contributed by atoms with Gasteiger partial charge in [-0.05, 0) is 31.8 Å². The Morgan fingerprint density at radius 3 is 1.88 bits per heavy atom. The normalized spacial score (nSPS) is 14.9. The number of rotatable bonds is 3. The van der Waals surface area contributed by atoms with Gasteiger partial charge in [-0.25, -0.2) is 0 Å². The molecular formula is C13H21NOSi. The van der Waals surface area contributed by atoms with Crippen molar-refractivity contribution in [3.05, 3.63) is 47.9 Å². The molecule has 3 heteroatoms. The molecule has 1 rings (SSSR count). The van der Waals surface area contributed by atoms with E-state index in [2.05, 4.69) is 31.8 Å². The minimum Gasteiger partial charge on any atom is -0.532 e. The zero-order valence-electron chi connectivity index (χ0n) is 10.8. The molecule has 0 spiro atoms. The monoisotopic (exact) mass is 235 g/mol. The quantitative estimate of drug-likeness (QED) is 0.550. The van der Waals surface area contributed by atoms with Crippen molar-refractivity contribution in [2.75, 3.05) is 14.1 Å². The molecule has 0 aromatic carbocycles. The number of hydrogen-bond donors (Lipinski definition) is 0. The van der Waals surface area contributed by atoms with Crippen LogP contribution >= 0.6 is 0 Å². The first-order chi connectivity index (χ1) is 7.40. The van der Waals surface area contributed by atoms with Gasteiger partial charge in [0.2, 0.25) is 8.32 Å². The summed E-state index contributed by atoms with van der Waals surface area (Å²) in [4.78, 5) is 2.04. The molecule has 1 aliphatic carbocycles. The van der Waals surface area contributed by atoms with E-state index in [0.717, 1.165) is 11.5 Å². The van der Waals surface area contributed by atoms with E-state index in [4.69, 9.17) is 4.43 Å². The molecule has 2 nitrogen and oxygen atoms in total. The van der Waals surface area contributed by atoms with Crippen LogP contribution in [0.25, 0.3) is 0 Å². The Hall–Kier alpha value is -1.22. The summed E-state index contributed by atoms with van der Waals surface area (Å²) in [5.74, 6) is 0.954. The molecule has 0 aromatic rings. The van der Waals surface area contributed by atoms with E-state index in [-0.39, 0.29) is 0 Å². The van der Waals surface area contributed by atoms with Crippen LogP contribution in [0.15, 0.2) is 47.9 Å². The Balaban J connectivity index is 3.05. The van der Waals surface area contributed by atoms with Crippen molar-refractivity contribution in [3.8, 4) is 0 Å². The van der Waals surface area contributed by atoms with Gasteiger partial charge in [-0.2, -0.15) is 0 Å². The van der Waals surface area contributed by atoms with Gasteiger partial charge in [-0.1, -0.05) is 24.3 Å². The minimum absolute atomic E-state index is 0.954. The fourth-order valence-electron chi connectivity index (χ4n) is 1.34. The first-order valence-electron chi connectivity index (χ1n) is 5.52. The molecule has 0 atom stereocenters. The van der Waals surface area contributed by atoms with Crippen LogP contribution in [0.4, 0.5) is 0 Å². The number of hydrogen-bond acceptors (Lipinski definition) is 2. The highest BCUT2D eigenvalue weighted by Crippen LogP contribution is 2.19. The predicted molar refractivity (Wildman–Crippen MR) is 72.6 cm³/mol. The maximum atomic E-state index is 6.11. The standard InChI is InChI=1S/C13H21NOSi/c1-14(2)13(15-16(3,4)5)12-10-8-6-7-9-11-12/h6-11H,1-5H3. The second kappa shape index (κ2) is 5.21. The van der Waals surface area contributed by atoms with Crippen LogP contribution < -0.4 is 0 Å². The van der Waals surface area contributed by atoms with E-state index in [0.29, 0.717) is 0 Å². The average Bonchev–Trinajstić information content (AvgIpc) is 2.40. The highest BCUT2D eigenvalue weighted by molar-refractivity contribution is 6.70. The molecule has 0 radical (unpaired) electrons. The van der Waals surface area contributed by atoms with Crippen molar-refractivity contribution in [2.24, 2.45) is 0 Å². The average molecular weight is 235 g/mol. The van der Waals surface area contributed by atoms with Crippen molar-refractivity contribution in [2.45, 2.75) is 19.6 Å². The summed E-state index contributed by atoms with van der Waals surface area (Å²) in [5.41, 5.74) is 1.12. The van der Waals surface area contributed by atoms with Gasteiger partial charge < -0.3 is 9.33 Å². The van der Waals surface area contributed by atoms with Crippen LogP contribution in [0.1, 0.15) is 0 Å². The smallest absolute Gasteiger partial charge is 0.244 e. The first-order valence-corrected chi connectivity index (χ1v) is 8.93. The summed E-state index contributed by atoms with van der Waals surface area (Å²) < 4.78 is 6.11. The zero-order chi connectivity index (χ0) is 12.2. The van der Waals surface area contributed by atoms with Gasteiger partial charge in [0, 0.05) is 19.7 Å². The number of nitrogens with zero attached hydrogens (tertiary/aromatic N) is 1. The lowest BCUT2D eigenvalue weighted by molar-refractivity contribution is 0.273. The molecule has 0 heterocycles. The van der Waals surface area contributed by atoms with E-state index in [1.54, 1.807) is 0 Å². The Kier molecular flexibility index (Phi) is 4.18. The Morgan fingerprint density at radius 1 is 1.00 bits per heavy atom. The summed E-state index contributed by atoms with van der Waals surface area (Å²) >= 11 is 0. The third kappa shape index (κ3) is 4.11. The molecule has 0 amide bonds. The third-order valence-corrected chi connectivity index (χ3v) is 2.75. The second-order valence-corrected chi connectivity index (χ2v) is 9.40. The van der Waals surface area contributed by atoms with E-state index in [1.807, 2.05) is 43.3 Å². The number of allylic oxidation sites excluding steroid dienone is 7. The van der Waals surface area contributed by atoms with Gasteiger partial charge in [-0.15, -0.1) is 0 Å². The van der Waals surface area contributed by atoms with Crippen LogP contribution in [-0.2, 0) is 4.43 Å². The van der Waals surface area contributed by atoms with Crippen molar-refractivity contribution in [1.29, 1.82) is 0 Å². The molecule has 16 heavy (non-hydrogen) atoms. The molecule has 0 aliphatic heterocycles. The van der Waals surface area contributed by atoms with Gasteiger partial charge in [-0.3, -0.25) is 0 Å². The first kappa shape index (κ1) is 12.8. The van der Waals surface area contributed by atoms with Gasteiger partial charge in [0.15, 0.2) is 5.88 Å². The van der Waals surface area contributed by atoms with Crippen LogP contribution in [0.2, 0.25) is 19.6 Å². The molecule has 0 fully saturated rings. The summed E-state index contributed by atoms with van der Waals surface area (Å²) in [6.45, 7) is 6.58. The fraction of sp³-hybridized carbons (Fsp3) is 0.385. The second-order valence-electron chi connectivity index (χ2n) is 4.97. The van der Waals surface area contributed by atoms with Gasteiger partial charge in [0.1, 0.15) is 0 Å².